The van der Waals surface area contributed by atoms with Crippen LogP contribution in [0, 0.1) is 0 Å². The average Bonchev–Trinajstić information content (AvgIpc) is 3.08. The van der Waals surface area contributed by atoms with Crippen molar-refractivity contribution in [3.8, 4) is 0 Å². The van der Waals surface area contributed by atoms with E-state index in [1.165, 1.54) is 4.90 Å². The molecule has 0 unspecified atom stereocenters. The number of nitrogens with zero attached hydrogens (tertiary/aromatic N) is 1. The lowest BCUT2D eigenvalue weighted by molar-refractivity contribution is -0.142. The highest BCUT2D eigenvalue weighted by Crippen LogP contribution is 2.46. The summed E-state index contributed by atoms with van der Waals surface area (Å²) in [6, 6.07) is 10.8. The van der Waals surface area contributed by atoms with E-state index in [4.69, 9.17) is 10.5 Å². The number of thiophene rings is 1. The van der Waals surface area contributed by atoms with Gasteiger partial charge < -0.3 is 10.5 Å². The van der Waals surface area contributed by atoms with Gasteiger partial charge in [0.25, 0.3) is 0 Å². The fourth-order valence-electron chi connectivity index (χ4n) is 2.61. The number of carbonyl (C=O) groups is 2. The van der Waals surface area contributed by atoms with Crippen LogP contribution >= 0.6 is 23.1 Å². The Balaban J connectivity index is 1.99. The third kappa shape index (κ3) is 3.33. The second kappa shape index (κ2) is 7.38. The second-order valence-electron chi connectivity index (χ2n) is 5.28. The number of hydrogen-bond donors (Lipinski definition) is 1. The van der Waals surface area contributed by atoms with Crippen molar-refractivity contribution in [1.82, 2.24) is 0 Å². The predicted octanol–water partition coefficient (Wildman–Crippen LogP) is 2.82. The molecule has 0 saturated carbocycles. The van der Waals surface area contributed by atoms with Crippen LogP contribution in [-0.4, -0.2) is 31.1 Å². The number of ether oxygens (including phenoxy) is 1. The van der Waals surface area contributed by atoms with Crippen LogP contribution < -0.4 is 10.6 Å². The number of nitrogens with two attached hydrogens (primary N) is 1. The number of anilines is 1. The number of rotatable bonds is 4. The lowest BCUT2D eigenvalue weighted by Crippen LogP contribution is -2.47. The van der Waals surface area contributed by atoms with Crippen LogP contribution in [0.3, 0.4) is 0 Å². The summed E-state index contributed by atoms with van der Waals surface area (Å²) in [5.41, 5.74) is 6.98. The lowest BCUT2D eigenvalue weighted by Gasteiger charge is -2.24. The van der Waals surface area contributed by atoms with Crippen LogP contribution in [-0.2, 0) is 14.3 Å². The predicted molar refractivity (Wildman–Crippen MR) is 96.3 cm³/mol. The van der Waals surface area contributed by atoms with Gasteiger partial charge in [-0.3, -0.25) is 14.5 Å². The Morgan fingerprint density at radius 3 is 2.79 bits per heavy atom. The molecule has 0 bridgehead atoms. The maximum Gasteiger partial charge on any atom is 0.326 e. The number of amides is 1. The number of carbonyl (C=O) groups excluding carboxylic acids is 2. The molecule has 2 N–H and O–H groups in total. The van der Waals surface area contributed by atoms with E-state index in [9.17, 15) is 9.59 Å². The topological polar surface area (TPSA) is 72.6 Å². The SMILES string of the molecule is CCOC(=O)CN1C(=O)[C@@H](N)[C@H](c2cccs2)Sc2ccccc21. The first kappa shape index (κ1) is 17.0. The first-order valence-corrected chi connectivity index (χ1v) is 9.39. The third-order valence-corrected chi connectivity index (χ3v) is 6.21. The molecule has 1 aromatic carbocycles. The highest BCUT2D eigenvalue weighted by molar-refractivity contribution is 8.00. The summed E-state index contributed by atoms with van der Waals surface area (Å²) in [5.74, 6) is -0.702. The molecule has 2 atom stereocenters. The molecule has 7 heteroatoms. The molecule has 5 nitrogen and oxygen atoms in total. The molecule has 2 aromatic rings. The average molecular weight is 362 g/mol. The maximum atomic E-state index is 12.9. The van der Waals surface area contributed by atoms with E-state index in [0.717, 1.165) is 9.77 Å². The minimum Gasteiger partial charge on any atom is -0.465 e. The van der Waals surface area contributed by atoms with E-state index >= 15 is 0 Å². The van der Waals surface area contributed by atoms with Gasteiger partial charge in [0, 0.05) is 9.77 Å². The summed E-state index contributed by atoms with van der Waals surface area (Å²) in [5, 5.41) is 1.80. The zero-order valence-corrected chi connectivity index (χ0v) is 14.8. The maximum absolute atomic E-state index is 12.9. The molecular formula is C17H18N2O3S2. The van der Waals surface area contributed by atoms with Gasteiger partial charge in [0.1, 0.15) is 12.6 Å². The van der Waals surface area contributed by atoms with Gasteiger partial charge in [0.2, 0.25) is 5.91 Å². The van der Waals surface area contributed by atoms with Crippen molar-refractivity contribution in [2.75, 3.05) is 18.1 Å². The minimum absolute atomic E-state index is 0.130. The molecule has 0 fully saturated rings. The van der Waals surface area contributed by atoms with Crippen molar-refractivity contribution in [2.24, 2.45) is 5.73 Å². The Hall–Kier alpha value is -1.83. The number of hydrogen-bond acceptors (Lipinski definition) is 6. The zero-order chi connectivity index (χ0) is 17.1. The van der Waals surface area contributed by atoms with Crippen LogP contribution in [0.5, 0.6) is 0 Å². The molecule has 126 valence electrons. The summed E-state index contributed by atoms with van der Waals surface area (Å²) in [7, 11) is 0. The van der Waals surface area contributed by atoms with E-state index < -0.39 is 12.0 Å². The summed E-state index contributed by atoms with van der Waals surface area (Å²) in [6.07, 6.45) is 0. The standard InChI is InChI=1S/C17H18N2O3S2/c1-2-22-14(20)10-19-11-6-3-4-7-12(11)24-16(15(18)17(19)21)13-8-5-9-23-13/h3-9,15-16H,2,10,18H2,1H3/t15-,16-/m0/s1. The van der Waals surface area contributed by atoms with Crippen molar-refractivity contribution >= 4 is 40.7 Å². The van der Waals surface area contributed by atoms with Gasteiger partial charge in [-0.1, -0.05) is 18.2 Å². The number of thioether (sulfide) groups is 1. The molecule has 0 spiro atoms. The van der Waals surface area contributed by atoms with Crippen LogP contribution in [0.1, 0.15) is 17.1 Å². The van der Waals surface area contributed by atoms with Gasteiger partial charge in [-0.15, -0.1) is 23.1 Å². The highest BCUT2D eigenvalue weighted by Gasteiger charge is 2.37. The number of esters is 1. The Morgan fingerprint density at radius 2 is 2.08 bits per heavy atom. The quantitative estimate of drug-likeness (QED) is 0.847. The van der Waals surface area contributed by atoms with Gasteiger partial charge in [0.15, 0.2) is 0 Å². The lowest BCUT2D eigenvalue weighted by atomic mass is 10.1. The van der Waals surface area contributed by atoms with Crippen LogP contribution in [0.2, 0.25) is 0 Å². The van der Waals surface area contributed by atoms with Crippen molar-refractivity contribution in [1.29, 1.82) is 0 Å². The minimum atomic E-state index is -0.726. The van der Waals surface area contributed by atoms with Crippen LogP contribution in [0.4, 0.5) is 5.69 Å². The fraction of sp³-hybridized carbons (Fsp3) is 0.294. The first-order chi connectivity index (χ1) is 11.6. The van der Waals surface area contributed by atoms with Gasteiger partial charge in [-0.2, -0.15) is 0 Å². The monoisotopic (exact) mass is 362 g/mol. The van der Waals surface area contributed by atoms with Crippen molar-refractivity contribution in [3.05, 3.63) is 46.7 Å². The Kier molecular flexibility index (Phi) is 5.23. The number of para-hydroxylation sites is 1. The summed E-state index contributed by atoms with van der Waals surface area (Å²) in [6.45, 7) is 1.89. The summed E-state index contributed by atoms with van der Waals surface area (Å²) >= 11 is 3.14. The van der Waals surface area contributed by atoms with E-state index in [0.29, 0.717) is 5.69 Å². The molecule has 2 heterocycles. The van der Waals surface area contributed by atoms with E-state index in [-0.39, 0.29) is 24.3 Å². The molecule has 0 aliphatic carbocycles. The first-order valence-electron chi connectivity index (χ1n) is 7.63. The Morgan fingerprint density at radius 1 is 1.29 bits per heavy atom. The molecule has 1 amide bonds. The molecule has 1 aromatic heterocycles. The van der Waals surface area contributed by atoms with Crippen molar-refractivity contribution in [2.45, 2.75) is 23.1 Å². The normalized spacial score (nSPS) is 20.4. The number of benzene rings is 1. The Bertz CT molecular complexity index is 733. The highest BCUT2D eigenvalue weighted by atomic mass is 32.2. The third-order valence-electron chi connectivity index (χ3n) is 3.70. The molecule has 0 radical (unpaired) electrons. The summed E-state index contributed by atoms with van der Waals surface area (Å²) < 4.78 is 5.00. The van der Waals surface area contributed by atoms with E-state index in [2.05, 4.69) is 0 Å². The molecular weight excluding hydrogens is 344 g/mol. The molecule has 0 saturated heterocycles. The fourth-order valence-corrected chi connectivity index (χ4v) is 4.86. The smallest absolute Gasteiger partial charge is 0.326 e. The van der Waals surface area contributed by atoms with Gasteiger partial charge >= 0.3 is 5.97 Å². The van der Waals surface area contributed by atoms with Gasteiger partial charge in [-0.05, 0) is 30.5 Å². The van der Waals surface area contributed by atoms with Gasteiger partial charge in [-0.25, -0.2) is 0 Å². The largest absolute Gasteiger partial charge is 0.465 e. The van der Waals surface area contributed by atoms with Crippen LogP contribution in [0.15, 0.2) is 46.7 Å². The Labute approximate surface area is 148 Å². The summed E-state index contributed by atoms with van der Waals surface area (Å²) in [4.78, 5) is 28.3. The van der Waals surface area contributed by atoms with Crippen molar-refractivity contribution < 1.29 is 14.3 Å². The molecule has 1 aliphatic rings. The number of fused-ring (bicyclic) bond motifs is 1. The zero-order valence-electron chi connectivity index (χ0n) is 13.2. The van der Waals surface area contributed by atoms with E-state index in [1.807, 2.05) is 41.8 Å². The van der Waals surface area contributed by atoms with Crippen molar-refractivity contribution in [3.63, 3.8) is 0 Å². The second-order valence-corrected chi connectivity index (χ2v) is 7.44. The molecule has 1 aliphatic heterocycles. The molecule has 24 heavy (non-hydrogen) atoms. The van der Waals surface area contributed by atoms with Crippen LogP contribution in [0.25, 0.3) is 0 Å². The molecule has 3 rings (SSSR count). The van der Waals surface area contributed by atoms with E-state index in [1.54, 1.807) is 30.0 Å². The van der Waals surface area contributed by atoms with Gasteiger partial charge in [0.05, 0.1) is 17.5 Å².